The molecule has 1 amide bonds. The molecule has 1 aliphatic rings. The molecule has 150 valence electrons. The van der Waals surface area contributed by atoms with Gasteiger partial charge in [-0.25, -0.2) is 4.98 Å². The first kappa shape index (κ1) is 19.6. The molecule has 1 aromatic heterocycles. The molecule has 4 rings (SSSR count). The highest BCUT2D eigenvalue weighted by molar-refractivity contribution is 5.95. The van der Waals surface area contributed by atoms with E-state index in [0.29, 0.717) is 11.7 Å². The van der Waals surface area contributed by atoms with Gasteiger partial charge in [-0.1, -0.05) is 61.9 Å². The van der Waals surface area contributed by atoms with Gasteiger partial charge in [0, 0.05) is 18.0 Å². The number of pyridine rings is 1. The van der Waals surface area contributed by atoms with Crippen molar-refractivity contribution in [1.29, 1.82) is 0 Å². The molecule has 0 radical (unpaired) electrons. The van der Waals surface area contributed by atoms with Gasteiger partial charge in [-0.2, -0.15) is 0 Å². The molecule has 1 aliphatic heterocycles. The van der Waals surface area contributed by atoms with E-state index in [0.717, 1.165) is 30.3 Å². The van der Waals surface area contributed by atoms with Crippen LogP contribution in [0.5, 0.6) is 0 Å². The van der Waals surface area contributed by atoms with Gasteiger partial charge in [-0.3, -0.25) is 9.69 Å². The van der Waals surface area contributed by atoms with Crippen molar-refractivity contribution in [3.8, 4) is 0 Å². The summed E-state index contributed by atoms with van der Waals surface area (Å²) in [6.45, 7) is 5.33. The topological polar surface area (TPSA) is 45.2 Å². The van der Waals surface area contributed by atoms with Crippen LogP contribution in [0.2, 0.25) is 0 Å². The minimum Gasteiger partial charge on any atom is -0.335 e. The number of nitrogens with one attached hydrogen (secondary N) is 1. The minimum absolute atomic E-state index is 0.000626. The Kier molecular flexibility index (Phi) is 5.91. The van der Waals surface area contributed by atoms with Gasteiger partial charge in [0.2, 0.25) is 0 Å². The normalized spacial score (nSPS) is 18.5. The van der Waals surface area contributed by atoms with Gasteiger partial charge in [0.1, 0.15) is 5.69 Å². The van der Waals surface area contributed by atoms with Crippen molar-refractivity contribution in [3.05, 3.63) is 77.5 Å². The highest BCUT2D eigenvalue weighted by Gasteiger charge is 2.31. The number of benzene rings is 2. The van der Waals surface area contributed by atoms with Crippen LogP contribution in [0.3, 0.4) is 0 Å². The second-order valence-corrected chi connectivity index (χ2v) is 7.89. The fourth-order valence-electron chi connectivity index (χ4n) is 4.46. The predicted molar refractivity (Wildman–Crippen MR) is 118 cm³/mol. The summed E-state index contributed by atoms with van der Waals surface area (Å²) in [5.74, 6) is -0.100. The van der Waals surface area contributed by atoms with Crippen molar-refractivity contribution < 1.29 is 4.79 Å². The summed E-state index contributed by atoms with van der Waals surface area (Å²) in [7, 11) is 0. The summed E-state index contributed by atoms with van der Waals surface area (Å²) in [6.07, 6.45) is 4.39. The highest BCUT2D eigenvalue weighted by atomic mass is 16.2. The van der Waals surface area contributed by atoms with E-state index in [1.807, 2.05) is 36.4 Å². The summed E-state index contributed by atoms with van der Waals surface area (Å²) in [5, 5.41) is 4.31. The van der Waals surface area contributed by atoms with E-state index in [-0.39, 0.29) is 12.1 Å². The van der Waals surface area contributed by atoms with E-state index < -0.39 is 0 Å². The maximum atomic E-state index is 13.0. The molecular formula is C25H29N3O. The van der Waals surface area contributed by atoms with Crippen LogP contribution in [0.25, 0.3) is 10.9 Å². The average Bonchev–Trinajstić information content (AvgIpc) is 2.77. The van der Waals surface area contributed by atoms with Crippen LogP contribution in [-0.4, -0.2) is 28.5 Å². The Morgan fingerprint density at radius 3 is 2.72 bits per heavy atom. The Morgan fingerprint density at radius 1 is 1.10 bits per heavy atom. The number of aryl methyl sites for hydroxylation is 1. The molecule has 29 heavy (non-hydrogen) atoms. The molecule has 2 aromatic carbocycles. The number of nitrogens with zero attached hydrogens (tertiary/aromatic N) is 2. The van der Waals surface area contributed by atoms with Crippen molar-refractivity contribution in [2.24, 2.45) is 0 Å². The lowest BCUT2D eigenvalue weighted by Crippen LogP contribution is -2.51. The summed E-state index contributed by atoms with van der Waals surface area (Å²) in [5.41, 5.74) is 4.03. The molecule has 1 N–H and O–H groups in total. The molecule has 2 heterocycles. The molecule has 0 spiro atoms. The number of hydrogen-bond acceptors (Lipinski definition) is 3. The van der Waals surface area contributed by atoms with E-state index in [9.17, 15) is 4.79 Å². The van der Waals surface area contributed by atoms with Crippen LogP contribution in [0.15, 0.2) is 60.7 Å². The first-order valence-electron chi connectivity index (χ1n) is 10.7. The maximum Gasteiger partial charge on any atom is 0.271 e. The van der Waals surface area contributed by atoms with Crippen LogP contribution < -0.4 is 5.32 Å². The molecule has 4 heteroatoms. The molecule has 2 unspecified atom stereocenters. The molecular weight excluding hydrogens is 358 g/mol. The van der Waals surface area contributed by atoms with Gasteiger partial charge < -0.3 is 5.32 Å². The Labute approximate surface area is 173 Å². The van der Waals surface area contributed by atoms with Gasteiger partial charge in [-0.15, -0.1) is 0 Å². The van der Waals surface area contributed by atoms with Crippen molar-refractivity contribution in [1.82, 2.24) is 15.2 Å². The number of amides is 1. The number of aromatic nitrogens is 1. The second-order valence-electron chi connectivity index (χ2n) is 7.89. The summed E-state index contributed by atoms with van der Waals surface area (Å²) >= 11 is 0. The monoisotopic (exact) mass is 387 g/mol. The van der Waals surface area contributed by atoms with Gasteiger partial charge in [0.25, 0.3) is 5.91 Å². The SMILES string of the molecule is CCC(NC(=O)c1ccc2ccccc2n1)N1CCCCC1c1ccccc1C. The lowest BCUT2D eigenvalue weighted by Gasteiger charge is -2.42. The van der Waals surface area contributed by atoms with Crippen molar-refractivity contribution in [2.75, 3.05) is 6.54 Å². The number of fused-ring (bicyclic) bond motifs is 1. The Morgan fingerprint density at radius 2 is 1.90 bits per heavy atom. The van der Waals surface area contributed by atoms with Crippen LogP contribution >= 0.6 is 0 Å². The smallest absolute Gasteiger partial charge is 0.271 e. The van der Waals surface area contributed by atoms with Crippen molar-refractivity contribution in [3.63, 3.8) is 0 Å². The number of carbonyl (C=O) groups excluding carboxylic acids is 1. The average molecular weight is 388 g/mol. The van der Waals surface area contributed by atoms with Crippen LogP contribution in [0.1, 0.15) is 60.3 Å². The molecule has 0 bridgehead atoms. The van der Waals surface area contributed by atoms with E-state index in [1.165, 1.54) is 24.0 Å². The predicted octanol–water partition coefficient (Wildman–Crippen LogP) is 5.24. The Bertz CT molecular complexity index is 1000. The molecule has 2 atom stereocenters. The first-order chi connectivity index (χ1) is 14.2. The lowest BCUT2D eigenvalue weighted by atomic mass is 9.91. The number of piperidine rings is 1. The summed E-state index contributed by atoms with van der Waals surface area (Å²) < 4.78 is 0. The molecule has 4 nitrogen and oxygen atoms in total. The zero-order valence-corrected chi connectivity index (χ0v) is 17.3. The maximum absolute atomic E-state index is 13.0. The number of para-hydroxylation sites is 1. The third-order valence-electron chi connectivity index (χ3n) is 6.01. The summed E-state index contributed by atoms with van der Waals surface area (Å²) in [4.78, 5) is 20.1. The van der Waals surface area contributed by atoms with Crippen LogP contribution in [0, 0.1) is 6.92 Å². The largest absolute Gasteiger partial charge is 0.335 e. The van der Waals surface area contributed by atoms with E-state index in [2.05, 4.69) is 53.3 Å². The number of hydrogen-bond donors (Lipinski definition) is 1. The van der Waals surface area contributed by atoms with Crippen LogP contribution in [0.4, 0.5) is 0 Å². The number of carbonyl (C=O) groups is 1. The molecule has 1 fully saturated rings. The molecule has 1 saturated heterocycles. The van der Waals surface area contributed by atoms with Gasteiger partial charge in [0.05, 0.1) is 11.7 Å². The Balaban J connectivity index is 1.56. The van der Waals surface area contributed by atoms with Crippen molar-refractivity contribution in [2.45, 2.75) is 51.7 Å². The fourth-order valence-corrected chi connectivity index (χ4v) is 4.46. The third-order valence-corrected chi connectivity index (χ3v) is 6.01. The van der Waals surface area contributed by atoms with Crippen molar-refractivity contribution >= 4 is 16.8 Å². The van der Waals surface area contributed by atoms with Gasteiger partial charge in [-0.05, 0) is 49.4 Å². The highest BCUT2D eigenvalue weighted by Crippen LogP contribution is 2.34. The fraction of sp³-hybridized carbons (Fsp3) is 0.360. The van der Waals surface area contributed by atoms with E-state index >= 15 is 0 Å². The Hall–Kier alpha value is -2.72. The zero-order chi connectivity index (χ0) is 20.2. The number of rotatable bonds is 5. The molecule has 0 aliphatic carbocycles. The lowest BCUT2D eigenvalue weighted by molar-refractivity contribution is 0.0594. The second kappa shape index (κ2) is 8.75. The minimum atomic E-state index is -0.100. The molecule has 0 saturated carbocycles. The standard InChI is InChI=1S/C25H29N3O/c1-3-24(27-25(29)22-16-15-19-11-5-7-13-21(19)26-22)28-17-9-8-14-23(28)20-12-6-4-10-18(20)2/h4-7,10-13,15-16,23-24H,3,8-9,14,17H2,1-2H3,(H,27,29). The number of likely N-dealkylation sites (tertiary alicyclic amines) is 1. The third kappa shape index (κ3) is 4.18. The molecule has 3 aromatic rings. The van der Waals surface area contributed by atoms with Gasteiger partial charge >= 0.3 is 0 Å². The zero-order valence-electron chi connectivity index (χ0n) is 17.3. The van der Waals surface area contributed by atoms with Crippen LogP contribution in [-0.2, 0) is 0 Å². The first-order valence-corrected chi connectivity index (χ1v) is 10.7. The van der Waals surface area contributed by atoms with E-state index in [4.69, 9.17) is 0 Å². The van der Waals surface area contributed by atoms with Gasteiger partial charge in [0.15, 0.2) is 0 Å². The summed E-state index contributed by atoms with van der Waals surface area (Å²) in [6, 6.07) is 20.7. The van der Waals surface area contributed by atoms with E-state index in [1.54, 1.807) is 0 Å². The quantitative estimate of drug-likeness (QED) is 0.651.